The normalized spacial score (nSPS) is 10.7. The molecule has 0 atom stereocenters. The van der Waals surface area contributed by atoms with Crippen molar-refractivity contribution in [1.82, 2.24) is 9.78 Å². The van der Waals surface area contributed by atoms with Gasteiger partial charge in [-0.3, -0.25) is 0 Å². The Morgan fingerprint density at radius 2 is 2.19 bits per heavy atom. The summed E-state index contributed by atoms with van der Waals surface area (Å²) < 4.78 is 3.00. The fourth-order valence-electron chi connectivity index (χ4n) is 1.68. The number of halogens is 1. The summed E-state index contributed by atoms with van der Waals surface area (Å²) in [7, 11) is 0. The SMILES string of the molecule is Cc1cc(CCN)nn1-c1cccc(Br)c1. The van der Waals surface area contributed by atoms with E-state index < -0.39 is 0 Å². The molecule has 2 aromatic rings. The third-order valence-corrected chi connectivity index (χ3v) is 2.88. The summed E-state index contributed by atoms with van der Waals surface area (Å²) >= 11 is 3.46. The molecule has 0 aliphatic heterocycles. The highest BCUT2D eigenvalue weighted by Gasteiger charge is 2.05. The van der Waals surface area contributed by atoms with Crippen LogP contribution in [0.3, 0.4) is 0 Å². The molecule has 0 bridgehead atoms. The fourth-order valence-corrected chi connectivity index (χ4v) is 2.06. The van der Waals surface area contributed by atoms with Crippen LogP contribution >= 0.6 is 15.9 Å². The van der Waals surface area contributed by atoms with Crippen molar-refractivity contribution in [2.75, 3.05) is 6.54 Å². The third-order valence-electron chi connectivity index (χ3n) is 2.39. The van der Waals surface area contributed by atoms with Gasteiger partial charge >= 0.3 is 0 Å². The zero-order valence-electron chi connectivity index (χ0n) is 9.15. The maximum absolute atomic E-state index is 5.53. The number of hydrogen-bond donors (Lipinski definition) is 1. The Bertz CT molecular complexity index is 491. The predicted octanol–water partition coefficient (Wildman–Crippen LogP) is 2.44. The topological polar surface area (TPSA) is 43.8 Å². The molecule has 0 fully saturated rings. The van der Waals surface area contributed by atoms with Crippen LogP contribution in [-0.4, -0.2) is 16.3 Å². The largest absolute Gasteiger partial charge is 0.330 e. The molecule has 1 heterocycles. The van der Waals surface area contributed by atoms with Crippen LogP contribution < -0.4 is 5.73 Å². The van der Waals surface area contributed by atoms with Crippen LogP contribution in [0.2, 0.25) is 0 Å². The summed E-state index contributed by atoms with van der Waals surface area (Å²) in [6, 6.07) is 10.2. The van der Waals surface area contributed by atoms with Gasteiger partial charge in [-0.1, -0.05) is 22.0 Å². The highest BCUT2D eigenvalue weighted by atomic mass is 79.9. The summed E-state index contributed by atoms with van der Waals surface area (Å²) in [6.45, 7) is 2.68. The van der Waals surface area contributed by atoms with Crippen molar-refractivity contribution in [2.45, 2.75) is 13.3 Å². The molecule has 3 nitrogen and oxygen atoms in total. The molecule has 2 rings (SSSR count). The van der Waals surface area contributed by atoms with Crippen LogP contribution in [0, 0.1) is 6.92 Å². The minimum Gasteiger partial charge on any atom is -0.330 e. The lowest BCUT2D eigenvalue weighted by molar-refractivity contribution is 0.804. The second kappa shape index (κ2) is 4.80. The first-order valence-electron chi connectivity index (χ1n) is 5.22. The van der Waals surface area contributed by atoms with E-state index in [1.54, 1.807) is 0 Å². The lowest BCUT2D eigenvalue weighted by Crippen LogP contribution is -2.04. The molecule has 16 heavy (non-hydrogen) atoms. The monoisotopic (exact) mass is 279 g/mol. The molecule has 0 radical (unpaired) electrons. The first kappa shape index (κ1) is 11.4. The Labute approximate surface area is 103 Å². The molecule has 0 aliphatic carbocycles. The molecule has 0 aliphatic rings. The maximum atomic E-state index is 5.53. The van der Waals surface area contributed by atoms with Gasteiger partial charge in [0, 0.05) is 16.6 Å². The second-order valence-electron chi connectivity index (χ2n) is 3.71. The predicted molar refractivity (Wildman–Crippen MR) is 68.8 cm³/mol. The minimum atomic E-state index is 0.634. The van der Waals surface area contributed by atoms with E-state index in [1.807, 2.05) is 35.9 Å². The standard InChI is InChI=1S/C12H14BrN3/c1-9-7-11(5-6-14)15-16(9)12-4-2-3-10(13)8-12/h2-4,7-8H,5-6,14H2,1H3. The van der Waals surface area contributed by atoms with Gasteiger partial charge in [-0.15, -0.1) is 0 Å². The Kier molecular flexibility index (Phi) is 3.41. The number of hydrogen-bond acceptors (Lipinski definition) is 2. The summed E-state index contributed by atoms with van der Waals surface area (Å²) in [5.74, 6) is 0. The van der Waals surface area contributed by atoms with Gasteiger partial charge in [0.05, 0.1) is 11.4 Å². The van der Waals surface area contributed by atoms with E-state index in [4.69, 9.17) is 5.73 Å². The number of aryl methyl sites for hydroxylation is 1. The average molecular weight is 280 g/mol. The smallest absolute Gasteiger partial charge is 0.0660 e. The number of aromatic nitrogens is 2. The van der Waals surface area contributed by atoms with Crippen LogP contribution in [0.25, 0.3) is 5.69 Å². The number of rotatable bonds is 3. The quantitative estimate of drug-likeness (QED) is 0.938. The van der Waals surface area contributed by atoms with Crippen molar-refractivity contribution < 1.29 is 0 Å². The molecular formula is C12H14BrN3. The Balaban J connectivity index is 2.40. The van der Waals surface area contributed by atoms with Crippen molar-refractivity contribution in [3.8, 4) is 5.69 Å². The molecule has 0 saturated heterocycles. The first-order valence-corrected chi connectivity index (χ1v) is 6.01. The highest BCUT2D eigenvalue weighted by molar-refractivity contribution is 9.10. The van der Waals surface area contributed by atoms with Gasteiger partial charge in [0.2, 0.25) is 0 Å². The zero-order valence-corrected chi connectivity index (χ0v) is 10.7. The van der Waals surface area contributed by atoms with Crippen LogP contribution in [0.15, 0.2) is 34.8 Å². The van der Waals surface area contributed by atoms with Gasteiger partial charge in [-0.05, 0) is 37.7 Å². The van der Waals surface area contributed by atoms with E-state index in [2.05, 4.69) is 27.1 Å². The van der Waals surface area contributed by atoms with Gasteiger partial charge < -0.3 is 5.73 Å². The molecular weight excluding hydrogens is 266 g/mol. The van der Waals surface area contributed by atoms with Crippen molar-refractivity contribution in [3.63, 3.8) is 0 Å². The molecule has 2 N–H and O–H groups in total. The number of nitrogens with zero attached hydrogens (tertiary/aromatic N) is 2. The summed E-state index contributed by atoms with van der Waals surface area (Å²) in [6.07, 6.45) is 0.821. The highest BCUT2D eigenvalue weighted by Crippen LogP contribution is 2.17. The molecule has 0 unspecified atom stereocenters. The van der Waals surface area contributed by atoms with Crippen molar-refractivity contribution in [3.05, 3.63) is 46.2 Å². The van der Waals surface area contributed by atoms with E-state index in [1.165, 1.54) is 0 Å². The van der Waals surface area contributed by atoms with Crippen LogP contribution in [0.4, 0.5) is 0 Å². The van der Waals surface area contributed by atoms with E-state index in [9.17, 15) is 0 Å². The molecule has 0 saturated carbocycles. The summed E-state index contributed by atoms with van der Waals surface area (Å²) in [5.41, 5.74) is 8.76. The van der Waals surface area contributed by atoms with E-state index in [-0.39, 0.29) is 0 Å². The summed E-state index contributed by atoms with van der Waals surface area (Å²) in [5, 5.41) is 4.53. The second-order valence-corrected chi connectivity index (χ2v) is 4.62. The first-order chi connectivity index (χ1) is 7.70. The van der Waals surface area contributed by atoms with Crippen molar-refractivity contribution in [1.29, 1.82) is 0 Å². The van der Waals surface area contributed by atoms with Crippen molar-refractivity contribution in [2.24, 2.45) is 5.73 Å². The lowest BCUT2D eigenvalue weighted by Gasteiger charge is -2.04. The van der Waals surface area contributed by atoms with Gasteiger partial charge in [-0.25, -0.2) is 4.68 Å². The third kappa shape index (κ3) is 2.33. The maximum Gasteiger partial charge on any atom is 0.0660 e. The molecule has 0 amide bonds. The Hall–Kier alpha value is -1.13. The number of benzene rings is 1. The minimum absolute atomic E-state index is 0.634. The fraction of sp³-hybridized carbons (Fsp3) is 0.250. The number of nitrogens with two attached hydrogens (primary N) is 1. The van der Waals surface area contributed by atoms with Crippen LogP contribution in [-0.2, 0) is 6.42 Å². The Morgan fingerprint density at radius 3 is 2.88 bits per heavy atom. The lowest BCUT2D eigenvalue weighted by atomic mass is 10.3. The van der Waals surface area contributed by atoms with Crippen LogP contribution in [0.1, 0.15) is 11.4 Å². The van der Waals surface area contributed by atoms with E-state index in [0.717, 1.165) is 28.0 Å². The van der Waals surface area contributed by atoms with Crippen LogP contribution in [0.5, 0.6) is 0 Å². The van der Waals surface area contributed by atoms with Crippen molar-refractivity contribution >= 4 is 15.9 Å². The molecule has 1 aromatic carbocycles. The molecule has 4 heteroatoms. The molecule has 1 aromatic heterocycles. The van der Waals surface area contributed by atoms with Gasteiger partial charge in [-0.2, -0.15) is 5.10 Å². The summed E-state index contributed by atoms with van der Waals surface area (Å²) in [4.78, 5) is 0. The molecule has 0 spiro atoms. The van der Waals surface area contributed by atoms with E-state index >= 15 is 0 Å². The Morgan fingerprint density at radius 1 is 1.38 bits per heavy atom. The molecule has 84 valence electrons. The zero-order chi connectivity index (χ0) is 11.5. The average Bonchev–Trinajstić information content (AvgIpc) is 2.60. The van der Waals surface area contributed by atoms with Gasteiger partial charge in [0.25, 0.3) is 0 Å². The van der Waals surface area contributed by atoms with Gasteiger partial charge in [0.1, 0.15) is 0 Å². The van der Waals surface area contributed by atoms with Gasteiger partial charge in [0.15, 0.2) is 0 Å². The van der Waals surface area contributed by atoms with E-state index in [0.29, 0.717) is 6.54 Å².